The molecule has 0 heterocycles. The molecule has 0 atom stereocenters. The SMILES string of the molecule is CC(F)(F)C(=O)Cc1ccccc1. The number of Topliss-reactive ketones (excluding diaryl/α,β-unsaturated/α-hetero) is 1. The maximum Gasteiger partial charge on any atom is 0.302 e. The monoisotopic (exact) mass is 184 g/mol. The van der Waals surface area contributed by atoms with Gasteiger partial charge in [-0.15, -0.1) is 0 Å². The van der Waals surface area contributed by atoms with Crippen molar-refractivity contribution in [3.8, 4) is 0 Å². The lowest BCUT2D eigenvalue weighted by Crippen LogP contribution is -2.25. The fourth-order valence-electron chi connectivity index (χ4n) is 0.936. The Kier molecular flexibility index (Phi) is 2.76. The van der Waals surface area contributed by atoms with Crippen molar-refractivity contribution in [3.05, 3.63) is 35.9 Å². The molecule has 0 spiro atoms. The molecule has 0 saturated heterocycles. The fraction of sp³-hybridized carbons (Fsp3) is 0.300. The molecule has 0 aliphatic heterocycles. The number of halogens is 2. The van der Waals surface area contributed by atoms with Crippen molar-refractivity contribution >= 4 is 5.78 Å². The predicted molar refractivity (Wildman–Crippen MR) is 45.8 cm³/mol. The van der Waals surface area contributed by atoms with Crippen LogP contribution in [-0.4, -0.2) is 11.7 Å². The van der Waals surface area contributed by atoms with Crippen LogP contribution in [0.4, 0.5) is 8.78 Å². The van der Waals surface area contributed by atoms with Gasteiger partial charge in [-0.2, -0.15) is 8.78 Å². The first-order valence-corrected chi connectivity index (χ1v) is 3.95. The summed E-state index contributed by atoms with van der Waals surface area (Å²) in [5.41, 5.74) is 0.619. The Labute approximate surface area is 75.4 Å². The van der Waals surface area contributed by atoms with Crippen LogP contribution < -0.4 is 0 Å². The highest BCUT2D eigenvalue weighted by molar-refractivity contribution is 5.87. The van der Waals surface area contributed by atoms with Gasteiger partial charge in [0.1, 0.15) is 0 Å². The number of carbonyl (C=O) groups is 1. The summed E-state index contributed by atoms with van der Waals surface area (Å²) in [4.78, 5) is 10.9. The normalized spacial score (nSPS) is 11.3. The summed E-state index contributed by atoms with van der Waals surface area (Å²) >= 11 is 0. The summed E-state index contributed by atoms with van der Waals surface area (Å²) in [6.07, 6.45) is -0.204. The molecule has 0 radical (unpaired) electrons. The van der Waals surface area contributed by atoms with Crippen LogP contribution in [0.25, 0.3) is 0 Å². The van der Waals surface area contributed by atoms with E-state index in [1.165, 1.54) is 0 Å². The maximum atomic E-state index is 12.5. The molecule has 13 heavy (non-hydrogen) atoms. The Morgan fingerprint density at radius 3 is 2.31 bits per heavy atom. The quantitative estimate of drug-likeness (QED) is 0.705. The minimum absolute atomic E-state index is 0.204. The van der Waals surface area contributed by atoms with E-state index in [1.54, 1.807) is 30.3 Å². The molecule has 0 aliphatic carbocycles. The second kappa shape index (κ2) is 3.64. The van der Waals surface area contributed by atoms with Gasteiger partial charge >= 0.3 is 5.92 Å². The average Bonchev–Trinajstić information content (AvgIpc) is 2.04. The van der Waals surface area contributed by atoms with Crippen LogP contribution in [0.15, 0.2) is 30.3 Å². The van der Waals surface area contributed by atoms with Gasteiger partial charge in [-0.1, -0.05) is 30.3 Å². The summed E-state index contributed by atoms with van der Waals surface area (Å²) in [6, 6.07) is 8.53. The van der Waals surface area contributed by atoms with Crippen LogP contribution in [0.3, 0.4) is 0 Å². The minimum atomic E-state index is -3.23. The topological polar surface area (TPSA) is 17.1 Å². The summed E-state index contributed by atoms with van der Waals surface area (Å²) in [5.74, 6) is -4.27. The Bertz CT molecular complexity index is 288. The third-order valence-corrected chi connectivity index (χ3v) is 1.70. The van der Waals surface area contributed by atoms with Gasteiger partial charge in [0.05, 0.1) is 0 Å². The summed E-state index contributed by atoms with van der Waals surface area (Å²) < 4.78 is 24.9. The number of alkyl halides is 2. The molecular weight excluding hydrogens is 174 g/mol. The molecule has 3 heteroatoms. The molecule has 0 saturated carbocycles. The summed E-state index contributed by atoms with van der Waals surface area (Å²) in [5, 5.41) is 0. The van der Waals surface area contributed by atoms with E-state index in [-0.39, 0.29) is 6.42 Å². The lowest BCUT2D eigenvalue weighted by molar-refractivity contribution is -0.139. The van der Waals surface area contributed by atoms with Crippen LogP contribution in [0.2, 0.25) is 0 Å². The van der Waals surface area contributed by atoms with Crippen molar-refractivity contribution in [2.24, 2.45) is 0 Å². The van der Waals surface area contributed by atoms with Gasteiger partial charge in [-0.3, -0.25) is 4.79 Å². The Morgan fingerprint density at radius 2 is 1.85 bits per heavy atom. The van der Waals surface area contributed by atoms with Gasteiger partial charge in [-0.25, -0.2) is 0 Å². The Balaban J connectivity index is 2.66. The highest BCUT2D eigenvalue weighted by Gasteiger charge is 2.31. The van der Waals surface area contributed by atoms with Gasteiger partial charge in [0.15, 0.2) is 0 Å². The van der Waals surface area contributed by atoms with Gasteiger partial charge in [-0.05, 0) is 5.56 Å². The molecule has 0 amide bonds. The lowest BCUT2D eigenvalue weighted by atomic mass is 10.1. The van der Waals surface area contributed by atoms with Crippen LogP contribution >= 0.6 is 0 Å². The molecule has 1 aromatic rings. The van der Waals surface area contributed by atoms with Crippen LogP contribution in [0.5, 0.6) is 0 Å². The van der Waals surface area contributed by atoms with Crippen molar-refractivity contribution in [2.75, 3.05) is 0 Å². The number of carbonyl (C=O) groups excluding carboxylic acids is 1. The van der Waals surface area contributed by atoms with E-state index in [9.17, 15) is 13.6 Å². The summed E-state index contributed by atoms with van der Waals surface area (Å²) in [7, 11) is 0. The number of hydrogen-bond donors (Lipinski definition) is 0. The molecule has 0 aliphatic rings. The van der Waals surface area contributed by atoms with Gasteiger partial charge < -0.3 is 0 Å². The fourth-order valence-corrected chi connectivity index (χ4v) is 0.936. The molecule has 0 bridgehead atoms. The first-order valence-electron chi connectivity index (χ1n) is 3.95. The molecule has 0 aromatic heterocycles. The van der Waals surface area contributed by atoms with Crippen LogP contribution in [0.1, 0.15) is 12.5 Å². The van der Waals surface area contributed by atoms with Gasteiger partial charge in [0, 0.05) is 13.3 Å². The van der Waals surface area contributed by atoms with E-state index in [0.717, 1.165) is 0 Å². The van der Waals surface area contributed by atoms with E-state index >= 15 is 0 Å². The van der Waals surface area contributed by atoms with Gasteiger partial charge in [0.2, 0.25) is 5.78 Å². The first kappa shape index (κ1) is 9.84. The zero-order valence-electron chi connectivity index (χ0n) is 7.26. The zero-order chi connectivity index (χ0) is 9.90. The minimum Gasteiger partial charge on any atom is -0.293 e. The van der Waals surface area contributed by atoms with Crippen molar-refractivity contribution in [1.82, 2.24) is 0 Å². The number of rotatable bonds is 3. The van der Waals surface area contributed by atoms with Crippen LogP contribution in [0, 0.1) is 0 Å². The number of ketones is 1. The van der Waals surface area contributed by atoms with Gasteiger partial charge in [0.25, 0.3) is 0 Å². The highest BCUT2D eigenvalue weighted by Crippen LogP contribution is 2.15. The van der Waals surface area contributed by atoms with Crippen molar-refractivity contribution in [1.29, 1.82) is 0 Å². The third-order valence-electron chi connectivity index (χ3n) is 1.70. The maximum absolute atomic E-state index is 12.5. The van der Waals surface area contributed by atoms with E-state index in [4.69, 9.17) is 0 Å². The van der Waals surface area contributed by atoms with Crippen molar-refractivity contribution in [3.63, 3.8) is 0 Å². The molecule has 0 unspecified atom stereocenters. The second-order valence-electron chi connectivity index (χ2n) is 2.97. The molecule has 1 aromatic carbocycles. The third kappa shape index (κ3) is 2.93. The van der Waals surface area contributed by atoms with E-state index in [1.807, 2.05) is 0 Å². The lowest BCUT2D eigenvalue weighted by Gasteiger charge is -2.07. The van der Waals surface area contributed by atoms with Crippen molar-refractivity contribution in [2.45, 2.75) is 19.3 Å². The van der Waals surface area contributed by atoms with E-state index in [0.29, 0.717) is 12.5 Å². The molecule has 1 rings (SSSR count). The van der Waals surface area contributed by atoms with Crippen molar-refractivity contribution < 1.29 is 13.6 Å². The number of benzene rings is 1. The molecule has 1 nitrogen and oxygen atoms in total. The molecule has 70 valence electrons. The largest absolute Gasteiger partial charge is 0.302 e. The first-order chi connectivity index (χ1) is 6.00. The zero-order valence-corrected chi connectivity index (χ0v) is 7.26. The molecule has 0 fully saturated rings. The van der Waals surface area contributed by atoms with E-state index in [2.05, 4.69) is 0 Å². The van der Waals surface area contributed by atoms with Crippen LogP contribution in [-0.2, 0) is 11.2 Å². The summed E-state index contributed by atoms with van der Waals surface area (Å²) in [6.45, 7) is 0.623. The van der Waals surface area contributed by atoms with E-state index < -0.39 is 11.7 Å². The highest BCUT2D eigenvalue weighted by atomic mass is 19.3. The molecular formula is C10H10F2O. The molecule has 0 N–H and O–H groups in total. The average molecular weight is 184 g/mol. The standard InChI is InChI=1S/C10H10F2O/c1-10(11,12)9(13)7-8-5-3-2-4-6-8/h2-6H,7H2,1H3. The second-order valence-corrected chi connectivity index (χ2v) is 2.97. The Morgan fingerprint density at radius 1 is 1.31 bits per heavy atom. The smallest absolute Gasteiger partial charge is 0.293 e. The number of hydrogen-bond acceptors (Lipinski definition) is 1. The Hall–Kier alpha value is -1.25. The predicted octanol–water partition coefficient (Wildman–Crippen LogP) is 2.45.